The van der Waals surface area contributed by atoms with Gasteiger partial charge in [0.15, 0.2) is 5.65 Å². The molecule has 2 aromatic heterocycles. The van der Waals surface area contributed by atoms with Crippen LogP contribution in [0.5, 0.6) is 0 Å². The number of sulfonamides is 1. The predicted octanol–water partition coefficient (Wildman–Crippen LogP) is 1.07. The largest absolute Gasteiger partial charge is 0.329 e. The van der Waals surface area contributed by atoms with Crippen molar-refractivity contribution in [2.45, 2.75) is 44.0 Å². The van der Waals surface area contributed by atoms with Crippen LogP contribution >= 0.6 is 0 Å². The molecule has 0 aliphatic rings. The molecule has 0 aliphatic heterocycles. The quantitative estimate of drug-likeness (QED) is 0.827. The van der Waals surface area contributed by atoms with Crippen molar-refractivity contribution in [2.75, 3.05) is 6.54 Å². The van der Waals surface area contributed by atoms with E-state index in [0.717, 1.165) is 11.1 Å². The normalized spacial score (nSPS) is 13.0. The Hall–Kier alpha value is -1.51. The summed E-state index contributed by atoms with van der Waals surface area (Å²) in [6, 6.07) is 1.61. The summed E-state index contributed by atoms with van der Waals surface area (Å²) in [4.78, 5) is 4.36. The fraction of sp³-hybridized carbons (Fsp3) is 0.571. The first-order valence-corrected chi connectivity index (χ1v) is 8.80. The van der Waals surface area contributed by atoms with E-state index in [1.807, 2.05) is 20.8 Å². The monoisotopic (exact) mass is 325 g/mol. The molecule has 2 heterocycles. The molecule has 0 bridgehead atoms. The second-order valence-corrected chi connectivity index (χ2v) is 7.23. The molecule has 0 aromatic carbocycles. The van der Waals surface area contributed by atoms with Gasteiger partial charge in [-0.25, -0.2) is 18.1 Å². The Labute approximate surface area is 131 Å². The van der Waals surface area contributed by atoms with Crippen molar-refractivity contribution in [1.29, 1.82) is 0 Å². The van der Waals surface area contributed by atoms with Crippen molar-refractivity contribution in [3.8, 4) is 0 Å². The van der Waals surface area contributed by atoms with E-state index in [9.17, 15) is 8.42 Å². The van der Waals surface area contributed by atoms with Gasteiger partial charge in [-0.3, -0.25) is 4.68 Å². The maximum absolute atomic E-state index is 12.7. The van der Waals surface area contributed by atoms with E-state index in [2.05, 4.69) is 14.8 Å². The number of rotatable bonds is 6. The molecule has 0 radical (unpaired) electrons. The minimum Gasteiger partial charge on any atom is -0.329 e. The van der Waals surface area contributed by atoms with Gasteiger partial charge in [0.25, 0.3) is 0 Å². The molecule has 7 nitrogen and oxygen atoms in total. The molecule has 0 saturated heterocycles. The summed E-state index contributed by atoms with van der Waals surface area (Å²) < 4.78 is 29.7. The van der Waals surface area contributed by atoms with E-state index < -0.39 is 15.6 Å². The lowest BCUT2D eigenvalue weighted by Crippen LogP contribution is -2.52. The highest BCUT2D eigenvalue weighted by atomic mass is 32.2. The van der Waals surface area contributed by atoms with E-state index in [1.54, 1.807) is 17.8 Å². The van der Waals surface area contributed by atoms with Gasteiger partial charge < -0.3 is 5.73 Å². The minimum absolute atomic E-state index is 0.135. The Morgan fingerprint density at radius 1 is 1.36 bits per heavy atom. The third-order valence-corrected chi connectivity index (χ3v) is 5.79. The zero-order valence-corrected chi connectivity index (χ0v) is 14.2. The number of fused-ring (bicyclic) bond motifs is 1. The van der Waals surface area contributed by atoms with Crippen LogP contribution < -0.4 is 10.5 Å². The third kappa shape index (κ3) is 2.86. The number of nitrogens with one attached hydrogen (secondary N) is 1. The number of aryl methyl sites for hydroxylation is 2. The average molecular weight is 325 g/mol. The van der Waals surface area contributed by atoms with Crippen LogP contribution in [-0.4, -0.2) is 35.3 Å². The second-order valence-electron chi connectivity index (χ2n) is 5.55. The molecule has 2 rings (SSSR count). The maximum atomic E-state index is 12.7. The second kappa shape index (κ2) is 5.94. The highest BCUT2D eigenvalue weighted by Gasteiger charge is 2.31. The topological polar surface area (TPSA) is 103 Å². The molecule has 2 aromatic rings. The highest BCUT2D eigenvalue weighted by molar-refractivity contribution is 7.89. The van der Waals surface area contributed by atoms with Crippen molar-refractivity contribution in [1.82, 2.24) is 19.5 Å². The van der Waals surface area contributed by atoms with Crippen LogP contribution in [0.4, 0.5) is 0 Å². The number of nitrogens with zero attached hydrogens (tertiary/aromatic N) is 3. The zero-order valence-electron chi connectivity index (χ0n) is 13.4. The minimum atomic E-state index is -3.68. The molecule has 22 heavy (non-hydrogen) atoms. The molecule has 0 unspecified atom stereocenters. The molecule has 0 saturated carbocycles. The van der Waals surface area contributed by atoms with E-state index in [-0.39, 0.29) is 11.4 Å². The van der Waals surface area contributed by atoms with Gasteiger partial charge in [-0.15, -0.1) is 0 Å². The van der Waals surface area contributed by atoms with E-state index in [0.29, 0.717) is 18.5 Å². The molecule has 0 spiro atoms. The molecule has 3 N–H and O–H groups in total. The SMILES string of the molecule is CCC(CC)(CN)NS(=O)(=O)c1cnc2c(c1)c(C)nn2C. The van der Waals surface area contributed by atoms with Crippen LogP contribution in [0.2, 0.25) is 0 Å². The average Bonchev–Trinajstić information content (AvgIpc) is 2.79. The maximum Gasteiger partial charge on any atom is 0.242 e. The first-order chi connectivity index (χ1) is 10.3. The van der Waals surface area contributed by atoms with Crippen molar-refractivity contribution >= 4 is 21.1 Å². The molecule has 0 aliphatic carbocycles. The predicted molar refractivity (Wildman–Crippen MR) is 85.9 cm³/mol. The van der Waals surface area contributed by atoms with Crippen LogP contribution in [0.25, 0.3) is 11.0 Å². The Balaban J connectivity index is 2.47. The van der Waals surface area contributed by atoms with E-state index in [4.69, 9.17) is 5.73 Å². The summed E-state index contributed by atoms with van der Waals surface area (Å²) in [6.07, 6.45) is 2.61. The molecule has 122 valence electrons. The van der Waals surface area contributed by atoms with Crippen LogP contribution in [-0.2, 0) is 17.1 Å². The summed E-state index contributed by atoms with van der Waals surface area (Å²) in [5.74, 6) is 0. The van der Waals surface area contributed by atoms with Crippen molar-refractivity contribution in [3.63, 3.8) is 0 Å². The lowest BCUT2D eigenvalue weighted by molar-refractivity contribution is 0.363. The van der Waals surface area contributed by atoms with Crippen LogP contribution in [0.1, 0.15) is 32.4 Å². The summed E-state index contributed by atoms with van der Waals surface area (Å²) in [6.45, 7) is 5.92. The van der Waals surface area contributed by atoms with Gasteiger partial charge in [0.1, 0.15) is 4.90 Å². The molecule has 0 fully saturated rings. The zero-order chi connectivity index (χ0) is 16.5. The molecule has 0 atom stereocenters. The van der Waals surface area contributed by atoms with Crippen LogP contribution in [0.3, 0.4) is 0 Å². The number of pyridine rings is 1. The van der Waals surface area contributed by atoms with Crippen LogP contribution in [0.15, 0.2) is 17.2 Å². The van der Waals surface area contributed by atoms with Crippen molar-refractivity contribution in [3.05, 3.63) is 18.0 Å². The molecule has 8 heteroatoms. The van der Waals surface area contributed by atoms with E-state index in [1.165, 1.54) is 6.20 Å². The number of nitrogens with two attached hydrogens (primary N) is 1. The van der Waals surface area contributed by atoms with Gasteiger partial charge in [0.2, 0.25) is 10.0 Å². The van der Waals surface area contributed by atoms with Gasteiger partial charge in [-0.1, -0.05) is 13.8 Å². The molecule has 0 amide bonds. The Morgan fingerprint density at radius 3 is 2.55 bits per heavy atom. The Morgan fingerprint density at radius 2 is 2.00 bits per heavy atom. The molecular formula is C14H23N5O2S. The smallest absolute Gasteiger partial charge is 0.242 e. The summed E-state index contributed by atoms with van der Waals surface area (Å²) in [5, 5.41) is 4.99. The Bertz CT molecular complexity index is 770. The lowest BCUT2D eigenvalue weighted by Gasteiger charge is -2.30. The first kappa shape index (κ1) is 16.9. The summed E-state index contributed by atoms with van der Waals surface area (Å²) in [7, 11) is -1.90. The van der Waals surface area contributed by atoms with Gasteiger partial charge in [0, 0.05) is 30.7 Å². The number of aromatic nitrogens is 3. The molecular weight excluding hydrogens is 302 g/mol. The van der Waals surface area contributed by atoms with Crippen LogP contribution in [0, 0.1) is 6.92 Å². The van der Waals surface area contributed by atoms with Crippen molar-refractivity contribution in [2.24, 2.45) is 12.8 Å². The van der Waals surface area contributed by atoms with E-state index >= 15 is 0 Å². The van der Waals surface area contributed by atoms with Gasteiger partial charge >= 0.3 is 0 Å². The summed E-state index contributed by atoms with van der Waals surface area (Å²) in [5.41, 5.74) is 6.56. The van der Waals surface area contributed by atoms with Gasteiger partial charge in [0.05, 0.1) is 5.69 Å². The Kier molecular flexibility index (Phi) is 4.55. The highest BCUT2D eigenvalue weighted by Crippen LogP contribution is 2.22. The summed E-state index contributed by atoms with van der Waals surface area (Å²) >= 11 is 0. The number of hydrogen-bond acceptors (Lipinski definition) is 5. The third-order valence-electron chi connectivity index (χ3n) is 4.24. The fourth-order valence-corrected chi connectivity index (χ4v) is 4.03. The van der Waals surface area contributed by atoms with Crippen molar-refractivity contribution < 1.29 is 8.42 Å². The number of hydrogen-bond donors (Lipinski definition) is 2. The lowest BCUT2D eigenvalue weighted by atomic mass is 9.95. The van der Waals surface area contributed by atoms with Gasteiger partial charge in [-0.2, -0.15) is 5.10 Å². The van der Waals surface area contributed by atoms with Gasteiger partial charge in [-0.05, 0) is 25.8 Å². The fourth-order valence-electron chi connectivity index (χ4n) is 2.50. The standard InChI is InChI=1S/C14H23N5O2S/c1-5-14(6-2,9-15)18-22(20,21)11-7-12-10(3)17-19(4)13(12)16-8-11/h7-8,18H,5-6,9,15H2,1-4H3. The first-order valence-electron chi connectivity index (χ1n) is 7.32.